The lowest BCUT2D eigenvalue weighted by Crippen LogP contribution is -2.39. The van der Waals surface area contributed by atoms with Crippen LogP contribution in [0.2, 0.25) is 0 Å². The fourth-order valence-electron chi connectivity index (χ4n) is 10.9. The topological polar surface area (TPSA) is 12.1 Å². The van der Waals surface area contributed by atoms with Crippen LogP contribution in [-0.4, -0.2) is 28.6 Å². The molecule has 0 aliphatic heterocycles. The summed E-state index contributed by atoms with van der Waals surface area (Å²) >= 11 is 0. The van der Waals surface area contributed by atoms with Gasteiger partial charge in [-0.2, -0.15) is 0 Å². The first-order chi connectivity index (χ1) is 31.9. The van der Waals surface area contributed by atoms with Gasteiger partial charge in [0.15, 0.2) is 0 Å². The van der Waals surface area contributed by atoms with Crippen molar-refractivity contribution >= 4 is 0 Å². The predicted molar refractivity (Wildman–Crippen MR) is 293 cm³/mol. The van der Waals surface area contributed by atoms with E-state index >= 15 is 0 Å². The van der Waals surface area contributed by atoms with Crippen molar-refractivity contribution in [3.63, 3.8) is 0 Å². The van der Waals surface area contributed by atoms with Gasteiger partial charge in [-0.15, -0.1) is 0 Å². The van der Waals surface area contributed by atoms with Gasteiger partial charge in [-0.05, 0) is 50.0 Å². The Balaban J connectivity index is 2.57. The van der Waals surface area contributed by atoms with Crippen LogP contribution in [0.5, 0.6) is 0 Å². The number of aromatic nitrogens is 2. The van der Waals surface area contributed by atoms with Crippen LogP contribution in [0.1, 0.15) is 330 Å². The summed E-state index contributed by atoms with van der Waals surface area (Å²) in [6, 6.07) is 0.748. The Bertz CT molecular complexity index is 1010. The van der Waals surface area contributed by atoms with Crippen LogP contribution in [-0.2, 0) is 13.6 Å². The quantitative estimate of drug-likeness (QED) is 0.0468. The predicted octanol–water partition coefficient (Wildman–Crippen LogP) is 20.5. The number of hydrogen-bond donors (Lipinski definition) is 0. The monoisotopic (exact) mass is 911 g/mol. The number of hydrogen-bond acceptors (Lipinski definition) is 1. The summed E-state index contributed by atoms with van der Waals surface area (Å²) in [7, 11) is 2.16. The summed E-state index contributed by atoms with van der Waals surface area (Å²) in [5, 5.41) is 0. The van der Waals surface area contributed by atoms with Crippen LogP contribution >= 0.6 is 0 Å². The smallest absolute Gasteiger partial charge is 0.243 e. The number of unbranched alkanes of at least 4 members (excludes halogenated alkanes) is 32. The van der Waals surface area contributed by atoms with Crippen molar-refractivity contribution in [1.29, 1.82) is 0 Å². The second kappa shape index (κ2) is 48.2. The highest BCUT2D eigenvalue weighted by Crippen LogP contribution is 2.27. The van der Waals surface area contributed by atoms with Gasteiger partial charge in [-0.1, -0.05) is 305 Å². The summed E-state index contributed by atoms with van der Waals surface area (Å²) in [6.07, 6.45) is 72.3. The van der Waals surface area contributed by atoms with Gasteiger partial charge in [0.1, 0.15) is 18.9 Å². The van der Waals surface area contributed by atoms with E-state index in [4.69, 9.17) is 0 Å². The molecule has 0 aliphatic rings. The highest BCUT2D eigenvalue weighted by atomic mass is 15.2. The second-order valence-electron chi connectivity index (χ2n) is 22.7. The molecule has 386 valence electrons. The normalized spacial score (nSPS) is 13.0. The summed E-state index contributed by atoms with van der Waals surface area (Å²) in [5.41, 5.74) is 0. The third-order valence-corrected chi connectivity index (χ3v) is 15.6. The molecule has 0 fully saturated rings. The van der Waals surface area contributed by atoms with Crippen LogP contribution in [0.4, 0.5) is 0 Å². The Hall–Kier alpha value is -0.830. The van der Waals surface area contributed by atoms with Crippen molar-refractivity contribution in [2.45, 2.75) is 343 Å². The van der Waals surface area contributed by atoms with Gasteiger partial charge in [0.05, 0.1) is 7.05 Å². The Kier molecular flexibility index (Phi) is 46.1. The van der Waals surface area contributed by atoms with E-state index in [2.05, 4.69) is 81.3 Å². The molecule has 3 nitrogen and oxygen atoms in total. The zero-order valence-electron chi connectivity index (χ0n) is 46.3. The van der Waals surface area contributed by atoms with E-state index in [1.54, 1.807) is 0 Å². The molecule has 0 bridgehead atoms. The first kappa shape index (κ1) is 62.2. The zero-order chi connectivity index (χ0) is 47.1. The number of imidazole rings is 1. The van der Waals surface area contributed by atoms with Crippen LogP contribution < -0.4 is 4.57 Å². The van der Waals surface area contributed by atoms with Gasteiger partial charge in [0.25, 0.3) is 0 Å². The van der Waals surface area contributed by atoms with Crippen molar-refractivity contribution < 1.29 is 4.57 Å². The molecule has 0 aliphatic carbocycles. The van der Waals surface area contributed by atoms with Crippen LogP contribution in [0.25, 0.3) is 0 Å². The van der Waals surface area contributed by atoms with Crippen LogP contribution in [0, 0.1) is 17.8 Å². The second-order valence-corrected chi connectivity index (χ2v) is 22.7. The molecular weight excluding hydrogens is 787 g/mol. The zero-order valence-corrected chi connectivity index (χ0v) is 46.3. The van der Waals surface area contributed by atoms with E-state index in [0.29, 0.717) is 0 Å². The van der Waals surface area contributed by atoms with E-state index in [1.165, 1.54) is 302 Å². The largest absolute Gasteiger partial charge is 0.296 e. The highest BCUT2D eigenvalue weighted by Gasteiger charge is 2.21. The van der Waals surface area contributed by atoms with Gasteiger partial charge < -0.3 is 0 Å². The van der Waals surface area contributed by atoms with Crippen molar-refractivity contribution in [2.75, 3.05) is 13.1 Å². The SMILES string of the molecule is CCCCCCCCCCCCCCCCCCC(CCCCCCCCCCCCCCCCCC)CCCCC(CCC(C)CCCC(C)C)N(CCCC)CCn1cc[n+](C)c1. The average molecular weight is 912 g/mol. The van der Waals surface area contributed by atoms with E-state index in [-0.39, 0.29) is 0 Å². The van der Waals surface area contributed by atoms with E-state index in [0.717, 1.165) is 30.3 Å². The lowest BCUT2D eigenvalue weighted by molar-refractivity contribution is -0.671. The summed E-state index contributed by atoms with van der Waals surface area (Å²) in [4.78, 5) is 2.94. The maximum atomic E-state index is 2.94. The van der Waals surface area contributed by atoms with Crippen molar-refractivity contribution in [3.8, 4) is 0 Å². The van der Waals surface area contributed by atoms with Crippen molar-refractivity contribution in [3.05, 3.63) is 18.7 Å². The molecule has 0 radical (unpaired) electrons. The highest BCUT2D eigenvalue weighted by molar-refractivity contribution is 4.76. The average Bonchev–Trinajstić information content (AvgIpc) is 3.72. The molecule has 0 aromatic carbocycles. The molecular formula is C62H124N3+. The molecule has 0 N–H and O–H groups in total. The molecule has 0 saturated heterocycles. The first-order valence-corrected chi connectivity index (χ1v) is 30.6. The molecule has 0 spiro atoms. The van der Waals surface area contributed by atoms with Gasteiger partial charge in [0, 0.05) is 12.6 Å². The van der Waals surface area contributed by atoms with Crippen molar-refractivity contribution in [2.24, 2.45) is 24.8 Å². The molecule has 1 aromatic rings. The fourth-order valence-corrected chi connectivity index (χ4v) is 10.9. The number of aryl methyl sites for hydroxylation is 1. The number of rotatable bonds is 53. The third kappa shape index (κ3) is 41.8. The van der Waals surface area contributed by atoms with E-state index < -0.39 is 0 Å². The van der Waals surface area contributed by atoms with Gasteiger partial charge in [-0.3, -0.25) is 4.90 Å². The van der Waals surface area contributed by atoms with Gasteiger partial charge in [0.2, 0.25) is 6.33 Å². The summed E-state index contributed by atoms with van der Waals surface area (Å²) in [6.45, 7) is 18.0. The Labute approximate surface area is 412 Å². The molecule has 0 saturated carbocycles. The first-order valence-electron chi connectivity index (χ1n) is 30.6. The lowest BCUT2D eigenvalue weighted by atomic mass is 9.88. The Morgan fingerprint density at radius 2 is 0.769 bits per heavy atom. The maximum absolute atomic E-state index is 2.94. The molecule has 1 rings (SSSR count). The summed E-state index contributed by atoms with van der Waals surface area (Å²) < 4.78 is 4.61. The molecule has 65 heavy (non-hydrogen) atoms. The molecule has 3 heteroatoms. The number of nitrogens with zero attached hydrogens (tertiary/aromatic N) is 3. The van der Waals surface area contributed by atoms with E-state index in [9.17, 15) is 0 Å². The Morgan fingerprint density at radius 1 is 0.385 bits per heavy atom. The van der Waals surface area contributed by atoms with Crippen LogP contribution in [0.15, 0.2) is 18.7 Å². The summed E-state index contributed by atoms with van der Waals surface area (Å²) in [5.74, 6) is 2.67. The van der Waals surface area contributed by atoms with E-state index in [1.807, 2.05) is 0 Å². The molecule has 2 atom stereocenters. The van der Waals surface area contributed by atoms with Gasteiger partial charge >= 0.3 is 0 Å². The minimum absolute atomic E-state index is 0.748. The lowest BCUT2D eigenvalue weighted by Gasteiger charge is -2.32. The van der Waals surface area contributed by atoms with Gasteiger partial charge in [-0.25, -0.2) is 9.13 Å². The minimum Gasteiger partial charge on any atom is -0.296 e. The Morgan fingerprint density at radius 3 is 1.15 bits per heavy atom. The fraction of sp³-hybridized carbons (Fsp3) is 0.952. The van der Waals surface area contributed by atoms with Crippen LogP contribution in [0.3, 0.4) is 0 Å². The molecule has 2 unspecified atom stereocenters. The molecule has 1 aromatic heterocycles. The third-order valence-electron chi connectivity index (χ3n) is 15.6. The van der Waals surface area contributed by atoms with Crippen molar-refractivity contribution in [1.82, 2.24) is 9.47 Å². The molecule has 1 heterocycles. The maximum Gasteiger partial charge on any atom is 0.243 e. The molecule has 0 amide bonds. The minimum atomic E-state index is 0.748. The standard InChI is InChI=1S/C62H124N3/c1-8-11-14-16-18-20-22-24-26-28-30-32-34-36-38-40-47-61(48-41-39-37-35-33-31-29-27-25-23-21-19-17-15-12-9-2)49-42-43-50-62(52-51-60(6)46-44-45-59(4)5)65(53-13-10-3)57-56-64-55-54-63(7)58-64/h54-55,58-62H,8-53,56-57H2,1-7H3/q+1.